The van der Waals surface area contributed by atoms with Crippen molar-refractivity contribution in [1.82, 2.24) is 0 Å². The highest BCUT2D eigenvalue weighted by molar-refractivity contribution is 6.20. The predicted octanol–water partition coefficient (Wildman–Crippen LogP) is 16.9. The van der Waals surface area contributed by atoms with Gasteiger partial charge in [0.15, 0.2) is 0 Å². The quantitative estimate of drug-likeness (QED) is 0.166. The first-order valence-corrected chi connectivity index (χ1v) is 23.4. The van der Waals surface area contributed by atoms with E-state index in [1.807, 2.05) is 0 Å². The number of fused-ring (bicyclic) bond motifs is 8. The van der Waals surface area contributed by atoms with Crippen LogP contribution in [0.5, 0.6) is 0 Å². The Morgan fingerprint density at radius 1 is 0.406 bits per heavy atom. The molecule has 2 nitrogen and oxygen atoms in total. The molecule has 0 atom stereocenters. The van der Waals surface area contributed by atoms with Crippen molar-refractivity contribution in [3.63, 3.8) is 0 Å². The summed E-state index contributed by atoms with van der Waals surface area (Å²) in [6, 6.07) is 74.5. The van der Waals surface area contributed by atoms with E-state index in [0.717, 1.165) is 67.3 Å². The standard InChI is InChI=1S/C62H47NO/c1-2-14-41(15-3-1)42-28-31-46(32-29-42)63(57-26-11-8-19-49(57)51-22-13-27-58-60(51)53-33-30-43-16-4-5-17-47(43)61(53)64-58)56-25-10-7-18-48(56)50-21-12-24-55-59(50)52-20-6-9-23-54(52)62(55)44-35-39-34-40(37-44)38-45(62)36-39/h1-33,39-40,44-45H,34-38H2. The third kappa shape index (κ3) is 5.14. The minimum absolute atomic E-state index is 0.0984. The minimum atomic E-state index is 0.0984. The second kappa shape index (κ2) is 13.9. The second-order valence-corrected chi connectivity index (χ2v) is 19.2. The highest BCUT2D eigenvalue weighted by atomic mass is 16.3. The molecule has 0 N–H and O–H groups in total. The maximum atomic E-state index is 6.77. The normalized spacial score (nSPS) is 21.5. The molecular formula is C62H47NO. The SMILES string of the molecule is c1ccc(-c2ccc(N(c3ccccc3-c3cccc4c3-c3ccccc3C43C4CC5CC(C4)CC3C5)c3ccccc3-c3cccc4oc5c6ccccc6ccc5c34)cc2)cc1. The number of anilines is 3. The van der Waals surface area contributed by atoms with E-state index in [1.54, 1.807) is 11.1 Å². The third-order valence-corrected chi connectivity index (χ3v) is 16.1. The largest absolute Gasteiger partial charge is 0.455 e. The van der Waals surface area contributed by atoms with Crippen molar-refractivity contribution in [2.45, 2.75) is 37.5 Å². The zero-order valence-corrected chi connectivity index (χ0v) is 35.8. The van der Waals surface area contributed by atoms with Crippen LogP contribution in [0.3, 0.4) is 0 Å². The second-order valence-electron chi connectivity index (χ2n) is 19.2. The molecule has 5 aliphatic rings. The van der Waals surface area contributed by atoms with Crippen molar-refractivity contribution in [3.8, 4) is 44.5 Å². The zero-order valence-electron chi connectivity index (χ0n) is 35.8. The molecule has 306 valence electrons. The van der Waals surface area contributed by atoms with Crippen molar-refractivity contribution >= 4 is 49.8 Å². The zero-order chi connectivity index (χ0) is 41.9. The van der Waals surface area contributed by atoms with Gasteiger partial charge in [-0.05, 0) is 142 Å². The summed E-state index contributed by atoms with van der Waals surface area (Å²) in [7, 11) is 0. The Hall–Kier alpha value is -7.16. The molecule has 1 heterocycles. The maximum Gasteiger partial charge on any atom is 0.143 e. The van der Waals surface area contributed by atoms with E-state index in [4.69, 9.17) is 4.42 Å². The first-order valence-electron chi connectivity index (χ1n) is 23.4. The smallest absolute Gasteiger partial charge is 0.143 e. The van der Waals surface area contributed by atoms with Crippen LogP contribution in [0, 0.1) is 23.7 Å². The first-order chi connectivity index (χ1) is 31.7. The van der Waals surface area contributed by atoms with Gasteiger partial charge in [0, 0.05) is 38.4 Å². The van der Waals surface area contributed by atoms with Gasteiger partial charge in [0.1, 0.15) is 11.2 Å². The van der Waals surface area contributed by atoms with Crippen LogP contribution in [0.4, 0.5) is 17.1 Å². The minimum Gasteiger partial charge on any atom is -0.455 e. The lowest BCUT2D eigenvalue weighted by molar-refractivity contribution is -0.0399. The van der Waals surface area contributed by atoms with Gasteiger partial charge in [-0.25, -0.2) is 0 Å². The maximum absolute atomic E-state index is 6.77. The third-order valence-electron chi connectivity index (χ3n) is 16.1. The van der Waals surface area contributed by atoms with Crippen molar-refractivity contribution in [1.29, 1.82) is 0 Å². The van der Waals surface area contributed by atoms with Crippen molar-refractivity contribution in [3.05, 3.63) is 211 Å². The van der Waals surface area contributed by atoms with E-state index in [9.17, 15) is 0 Å². The molecule has 10 aromatic rings. The predicted molar refractivity (Wildman–Crippen MR) is 265 cm³/mol. The molecule has 0 unspecified atom stereocenters. The summed E-state index contributed by atoms with van der Waals surface area (Å²) in [5.41, 5.74) is 18.7. The van der Waals surface area contributed by atoms with Crippen LogP contribution in [-0.4, -0.2) is 0 Å². The number of benzene rings is 9. The van der Waals surface area contributed by atoms with E-state index < -0.39 is 0 Å². The Bertz CT molecular complexity index is 3440. The molecule has 2 heteroatoms. The lowest BCUT2D eigenvalue weighted by Crippen LogP contribution is -2.55. The van der Waals surface area contributed by atoms with Crippen LogP contribution in [0.25, 0.3) is 77.2 Å². The fourth-order valence-corrected chi connectivity index (χ4v) is 13.8. The Balaban J connectivity index is 1.00. The van der Waals surface area contributed by atoms with Crippen LogP contribution >= 0.6 is 0 Å². The molecule has 4 fully saturated rings. The Labute approximate surface area is 374 Å². The molecule has 64 heavy (non-hydrogen) atoms. The van der Waals surface area contributed by atoms with Crippen molar-refractivity contribution in [2.75, 3.05) is 4.90 Å². The van der Waals surface area contributed by atoms with Gasteiger partial charge in [0.2, 0.25) is 0 Å². The van der Waals surface area contributed by atoms with E-state index in [0.29, 0.717) is 11.8 Å². The Morgan fingerprint density at radius 3 is 1.75 bits per heavy atom. The van der Waals surface area contributed by atoms with Crippen LogP contribution in [0.2, 0.25) is 0 Å². The van der Waals surface area contributed by atoms with Gasteiger partial charge in [-0.2, -0.15) is 0 Å². The molecule has 1 aromatic heterocycles. The molecule has 0 amide bonds. The average molecular weight is 822 g/mol. The number of rotatable bonds is 6. The van der Waals surface area contributed by atoms with E-state index >= 15 is 0 Å². The van der Waals surface area contributed by atoms with Crippen LogP contribution in [0.1, 0.15) is 43.2 Å². The Kier molecular flexibility index (Phi) is 7.90. The van der Waals surface area contributed by atoms with E-state index in [-0.39, 0.29) is 5.41 Å². The molecule has 4 saturated carbocycles. The molecular weight excluding hydrogens is 775 g/mol. The summed E-state index contributed by atoms with van der Waals surface area (Å²) in [5.74, 6) is 3.23. The van der Waals surface area contributed by atoms with Crippen LogP contribution in [-0.2, 0) is 5.41 Å². The fraction of sp³-hybridized carbons (Fsp3) is 0.161. The van der Waals surface area contributed by atoms with Gasteiger partial charge < -0.3 is 9.32 Å². The summed E-state index contributed by atoms with van der Waals surface area (Å²) in [6.07, 6.45) is 6.96. The summed E-state index contributed by atoms with van der Waals surface area (Å²) in [4.78, 5) is 2.52. The van der Waals surface area contributed by atoms with Crippen LogP contribution < -0.4 is 4.90 Å². The lowest BCUT2D eigenvalue weighted by atomic mass is 9.43. The molecule has 4 bridgehead atoms. The van der Waals surface area contributed by atoms with E-state index in [1.165, 1.54) is 70.9 Å². The number of hydrogen-bond acceptors (Lipinski definition) is 2. The van der Waals surface area contributed by atoms with Gasteiger partial charge in [0.05, 0.1) is 11.4 Å². The Morgan fingerprint density at radius 2 is 0.984 bits per heavy atom. The number of para-hydroxylation sites is 2. The van der Waals surface area contributed by atoms with Gasteiger partial charge in [0.25, 0.3) is 0 Å². The highest BCUT2D eigenvalue weighted by Gasteiger charge is 2.61. The monoisotopic (exact) mass is 821 g/mol. The van der Waals surface area contributed by atoms with Gasteiger partial charge in [-0.3, -0.25) is 0 Å². The number of furan rings is 1. The van der Waals surface area contributed by atoms with Crippen LogP contribution in [0.15, 0.2) is 205 Å². The lowest BCUT2D eigenvalue weighted by Gasteiger charge is -2.61. The van der Waals surface area contributed by atoms with Gasteiger partial charge >= 0.3 is 0 Å². The van der Waals surface area contributed by atoms with Gasteiger partial charge in [-0.1, -0.05) is 164 Å². The molecule has 0 saturated heterocycles. The van der Waals surface area contributed by atoms with Crippen molar-refractivity contribution < 1.29 is 4.42 Å². The van der Waals surface area contributed by atoms with Gasteiger partial charge in [-0.15, -0.1) is 0 Å². The number of nitrogens with zero attached hydrogens (tertiary/aromatic N) is 1. The summed E-state index contributed by atoms with van der Waals surface area (Å²) < 4.78 is 6.77. The molecule has 15 rings (SSSR count). The first kappa shape index (κ1) is 36.3. The average Bonchev–Trinajstić information content (AvgIpc) is 3.89. The highest BCUT2D eigenvalue weighted by Crippen LogP contribution is 2.70. The molecule has 1 spiro atoms. The summed E-state index contributed by atoms with van der Waals surface area (Å²) in [5, 5.41) is 4.59. The van der Waals surface area contributed by atoms with E-state index in [2.05, 4.69) is 205 Å². The number of hydrogen-bond donors (Lipinski definition) is 0. The topological polar surface area (TPSA) is 16.4 Å². The fourth-order valence-electron chi connectivity index (χ4n) is 13.8. The summed E-state index contributed by atoms with van der Waals surface area (Å²) in [6.45, 7) is 0. The molecule has 0 aliphatic heterocycles. The van der Waals surface area contributed by atoms with Crippen molar-refractivity contribution in [2.24, 2.45) is 23.7 Å². The summed E-state index contributed by atoms with van der Waals surface area (Å²) >= 11 is 0. The molecule has 9 aromatic carbocycles. The molecule has 0 radical (unpaired) electrons. The molecule has 5 aliphatic carbocycles.